The zero-order chi connectivity index (χ0) is 9.69. The molecule has 1 saturated carbocycles. The summed E-state index contributed by atoms with van der Waals surface area (Å²) in [5.41, 5.74) is 0.900. The lowest BCUT2D eigenvalue weighted by Gasteiger charge is -2.50. The minimum absolute atomic E-state index is 0.238. The largest absolute Gasteiger partial charge is 0.381 e. The van der Waals surface area contributed by atoms with Gasteiger partial charge in [-0.25, -0.2) is 0 Å². The molecule has 2 bridgehead atoms. The van der Waals surface area contributed by atoms with Gasteiger partial charge in [0.25, 0.3) is 0 Å². The van der Waals surface area contributed by atoms with E-state index in [-0.39, 0.29) is 6.73 Å². The predicted octanol–water partition coefficient (Wildman–Crippen LogP) is 1.69. The highest BCUT2D eigenvalue weighted by molar-refractivity contribution is 5.05. The Morgan fingerprint density at radius 1 is 1.38 bits per heavy atom. The number of likely N-dealkylation sites (tertiary alicyclic amines) is 1. The highest BCUT2D eigenvalue weighted by Gasteiger charge is 2.55. The van der Waals surface area contributed by atoms with Crippen LogP contribution in [0, 0.1) is 16.7 Å². The Bertz CT molecular complexity index is 214. The average Bonchev–Trinajstić information content (AvgIpc) is 2.27. The van der Waals surface area contributed by atoms with E-state index in [0.29, 0.717) is 10.8 Å². The van der Waals surface area contributed by atoms with Crippen LogP contribution in [0.25, 0.3) is 0 Å². The van der Waals surface area contributed by atoms with Crippen molar-refractivity contribution in [3.05, 3.63) is 0 Å². The molecule has 2 heteroatoms. The molecule has 76 valence electrons. The molecule has 2 fully saturated rings. The summed E-state index contributed by atoms with van der Waals surface area (Å²) in [6.07, 6.45) is 2.68. The van der Waals surface area contributed by atoms with Crippen LogP contribution >= 0.6 is 0 Å². The molecule has 2 nitrogen and oxygen atoms in total. The van der Waals surface area contributed by atoms with Crippen LogP contribution in [0.1, 0.15) is 33.6 Å². The fourth-order valence-electron chi connectivity index (χ4n) is 3.25. The molecule has 2 rings (SSSR count). The first-order valence-corrected chi connectivity index (χ1v) is 5.33. The van der Waals surface area contributed by atoms with E-state index >= 15 is 0 Å². The summed E-state index contributed by atoms with van der Waals surface area (Å²) in [4.78, 5) is 2.20. The van der Waals surface area contributed by atoms with Gasteiger partial charge in [-0.1, -0.05) is 20.8 Å². The topological polar surface area (TPSA) is 23.5 Å². The van der Waals surface area contributed by atoms with Gasteiger partial charge in [0.1, 0.15) is 0 Å². The Hall–Kier alpha value is -0.0800. The fraction of sp³-hybridized carbons (Fsp3) is 1.00. The van der Waals surface area contributed by atoms with Crippen molar-refractivity contribution in [2.24, 2.45) is 16.7 Å². The second kappa shape index (κ2) is 2.71. The standard InChI is InChI=1S/C11H21NO/c1-10(2)9-4-5-11(10,3)7-12(6-9)8-13/h9,13H,4-8H2,1-3H3. The number of rotatable bonds is 1. The number of fused-ring (bicyclic) bond motifs is 2. The molecule has 13 heavy (non-hydrogen) atoms. The first-order valence-electron chi connectivity index (χ1n) is 5.33. The Kier molecular flexibility index (Phi) is 1.97. The lowest BCUT2D eigenvalue weighted by Crippen LogP contribution is -2.52. The summed E-state index contributed by atoms with van der Waals surface area (Å²) >= 11 is 0. The second-order valence-electron chi connectivity index (χ2n) is 5.67. The maximum atomic E-state index is 9.16. The van der Waals surface area contributed by atoms with E-state index in [1.165, 1.54) is 12.8 Å². The monoisotopic (exact) mass is 183 g/mol. The van der Waals surface area contributed by atoms with Crippen LogP contribution in [0.2, 0.25) is 0 Å². The van der Waals surface area contributed by atoms with Crippen molar-refractivity contribution in [1.29, 1.82) is 0 Å². The fourth-order valence-corrected chi connectivity index (χ4v) is 3.25. The van der Waals surface area contributed by atoms with Gasteiger partial charge in [0.05, 0.1) is 6.73 Å². The van der Waals surface area contributed by atoms with E-state index in [4.69, 9.17) is 5.11 Å². The number of aliphatic hydroxyl groups is 1. The van der Waals surface area contributed by atoms with Crippen LogP contribution in [0.4, 0.5) is 0 Å². The number of piperidine rings is 1. The third kappa shape index (κ3) is 1.15. The first kappa shape index (κ1) is 9.47. The number of aliphatic hydroxyl groups excluding tert-OH is 1. The van der Waals surface area contributed by atoms with Crippen LogP contribution in [0.5, 0.6) is 0 Å². The van der Waals surface area contributed by atoms with Gasteiger partial charge in [-0.3, -0.25) is 4.90 Å². The highest BCUT2D eigenvalue weighted by Crippen LogP contribution is 2.58. The molecular weight excluding hydrogens is 162 g/mol. The van der Waals surface area contributed by atoms with Crippen molar-refractivity contribution in [2.45, 2.75) is 33.6 Å². The molecule has 1 saturated heterocycles. The molecule has 0 aromatic heterocycles. The van der Waals surface area contributed by atoms with E-state index in [0.717, 1.165) is 19.0 Å². The van der Waals surface area contributed by atoms with Crippen LogP contribution in [-0.4, -0.2) is 29.8 Å². The van der Waals surface area contributed by atoms with Crippen molar-refractivity contribution in [1.82, 2.24) is 4.90 Å². The molecule has 1 aliphatic carbocycles. The van der Waals surface area contributed by atoms with E-state index in [1.54, 1.807) is 0 Å². The molecular formula is C11H21NO. The Morgan fingerprint density at radius 3 is 2.62 bits per heavy atom. The summed E-state index contributed by atoms with van der Waals surface area (Å²) < 4.78 is 0. The Labute approximate surface area is 80.9 Å². The van der Waals surface area contributed by atoms with Gasteiger partial charge in [-0.05, 0) is 29.6 Å². The second-order valence-corrected chi connectivity index (χ2v) is 5.67. The van der Waals surface area contributed by atoms with Crippen molar-refractivity contribution in [3.8, 4) is 0 Å². The minimum atomic E-state index is 0.238. The van der Waals surface area contributed by atoms with Crippen molar-refractivity contribution in [3.63, 3.8) is 0 Å². The maximum absolute atomic E-state index is 9.16. The Balaban J connectivity index is 2.24. The highest BCUT2D eigenvalue weighted by atomic mass is 16.3. The summed E-state index contributed by atoms with van der Waals surface area (Å²) in [5.74, 6) is 0.790. The molecule has 2 aliphatic rings. The zero-order valence-electron chi connectivity index (χ0n) is 9.01. The van der Waals surface area contributed by atoms with Gasteiger partial charge in [0, 0.05) is 13.1 Å². The molecule has 1 N–H and O–H groups in total. The third-order valence-electron chi connectivity index (χ3n) is 4.87. The molecule has 2 atom stereocenters. The van der Waals surface area contributed by atoms with Crippen LogP contribution in [-0.2, 0) is 0 Å². The van der Waals surface area contributed by atoms with Gasteiger partial charge in [-0.15, -0.1) is 0 Å². The van der Waals surface area contributed by atoms with Gasteiger partial charge in [0.2, 0.25) is 0 Å². The summed E-state index contributed by atoms with van der Waals surface area (Å²) in [7, 11) is 0. The maximum Gasteiger partial charge on any atom is 0.0956 e. The average molecular weight is 183 g/mol. The Morgan fingerprint density at radius 2 is 2.08 bits per heavy atom. The smallest absolute Gasteiger partial charge is 0.0956 e. The molecule has 0 spiro atoms. The van der Waals surface area contributed by atoms with Gasteiger partial charge < -0.3 is 5.11 Å². The van der Waals surface area contributed by atoms with Gasteiger partial charge >= 0.3 is 0 Å². The van der Waals surface area contributed by atoms with Gasteiger partial charge in [0.15, 0.2) is 0 Å². The van der Waals surface area contributed by atoms with E-state index in [9.17, 15) is 0 Å². The van der Waals surface area contributed by atoms with Crippen LogP contribution in [0.3, 0.4) is 0 Å². The number of nitrogens with zero attached hydrogens (tertiary/aromatic N) is 1. The molecule has 0 amide bonds. The summed E-state index contributed by atoms with van der Waals surface area (Å²) in [6.45, 7) is 9.60. The first-order chi connectivity index (χ1) is 5.99. The normalized spacial score (nSPS) is 43.8. The van der Waals surface area contributed by atoms with Crippen molar-refractivity contribution < 1.29 is 5.11 Å². The molecule has 1 heterocycles. The SMILES string of the molecule is CC12CCC(CN(CO)C1)C2(C)C. The van der Waals surface area contributed by atoms with Crippen molar-refractivity contribution >= 4 is 0 Å². The summed E-state index contributed by atoms with van der Waals surface area (Å²) in [5, 5.41) is 9.16. The lowest BCUT2D eigenvalue weighted by atomic mass is 9.63. The third-order valence-corrected chi connectivity index (χ3v) is 4.87. The number of hydrogen-bond donors (Lipinski definition) is 1. The molecule has 1 aliphatic heterocycles. The molecule has 0 radical (unpaired) electrons. The summed E-state index contributed by atoms with van der Waals surface area (Å²) in [6, 6.07) is 0. The van der Waals surface area contributed by atoms with Gasteiger partial charge in [-0.2, -0.15) is 0 Å². The van der Waals surface area contributed by atoms with Crippen molar-refractivity contribution in [2.75, 3.05) is 19.8 Å². The molecule has 0 aromatic rings. The molecule has 2 unspecified atom stereocenters. The minimum Gasteiger partial charge on any atom is -0.381 e. The lowest BCUT2D eigenvalue weighted by molar-refractivity contribution is -0.0492. The van der Waals surface area contributed by atoms with E-state index in [1.807, 2.05) is 0 Å². The van der Waals surface area contributed by atoms with Crippen LogP contribution in [0.15, 0.2) is 0 Å². The van der Waals surface area contributed by atoms with E-state index < -0.39 is 0 Å². The van der Waals surface area contributed by atoms with E-state index in [2.05, 4.69) is 25.7 Å². The predicted molar refractivity (Wildman–Crippen MR) is 53.3 cm³/mol. The molecule has 0 aromatic carbocycles. The zero-order valence-corrected chi connectivity index (χ0v) is 9.01. The number of hydrogen-bond acceptors (Lipinski definition) is 2. The quantitative estimate of drug-likeness (QED) is 0.669. The van der Waals surface area contributed by atoms with Crippen LogP contribution < -0.4 is 0 Å².